The van der Waals surface area contributed by atoms with Crippen molar-refractivity contribution in [1.29, 1.82) is 0 Å². The van der Waals surface area contributed by atoms with Gasteiger partial charge in [-0.25, -0.2) is 0 Å². The Hall–Kier alpha value is -3.51. The van der Waals surface area contributed by atoms with Crippen LogP contribution in [0.5, 0.6) is 0 Å². The number of rotatable bonds is 11. The second-order valence-corrected chi connectivity index (χ2v) is 13.6. The number of benzene rings is 1. The molecule has 5 heterocycles. The maximum Gasteiger partial charge on any atom is 0.234 e. The number of hydrogen-bond acceptors (Lipinski definition) is 4. The fourth-order valence-electron chi connectivity index (χ4n) is 7.54. The van der Waals surface area contributed by atoms with E-state index in [4.69, 9.17) is 4.98 Å². The summed E-state index contributed by atoms with van der Waals surface area (Å²) in [7, 11) is 0. The topological polar surface area (TPSA) is 73.9 Å². The first kappa shape index (κ1) is 29.6. The van der Waals surface area contributed by atoms with E-state index in [9.17, 15) is 4.79 Å². The van der Waals surface area contributed by atoms with Gasteiger partial charge in [0.25, 0.3) is 0 Å². The van der Waals surface area contributed by atoms with Crippen molar-refractivity contribution in [3.63, 3.8) is 0 Å². The number of aryl methyl sites for hydroxylation is 3. The number of amides is 1. The number of nitrogens with one attached hydrogen (secondary N) is 2. The van der Waals surface area contributed by atoms with Gasteiger partial charge in [-0.05, 0) is 132 Å². The number of fused-ring (bicyclic) bond motifs is 3. The molecule has 1 atom stereocenters. The van der Waals surface area contributed by atoms with E-state index in [1.54, 1.807) is 0 Å². The zero-order valence-electron chi connectivity index (χ0n) is 26.5. The second kappa shape index (κ2) is 12.2. The Kier molecular flexibility index (Phi) is 8.41. The van der Waals surface area contributed by atoms with Crippen LogP contribution < -0.4 is 5.32 Å². The van der Waals surface area contributed by atoms with Gasteiger partial charge in [0.05, 0.1) is 28.5 Å². The van der Waals surface area contributed by atoms with E-state index < -0.39 is 5.41 Å². The van der Waals surface area contributed by atoms with Gasteiger partial charge in [0.1, 0.15) is 0 Å². The summed E-state index contributed by atoms with van der Waals surface area (Å²) in [4.78, 5) is 28.9. The van der Waals surface area contributed by atoms with E-state index in [1.807, 2.05) is 18.6 Å². The molecule has 6 nitrogen and oxygen atoms in total. The molecule has 43 heavy (non-hydrogen) atoms. The van der Waals surface area contributed by atoms with Gasteiger partial charge in [-0.3, -0.25) is 14.8 Å². The van der Waals surface area contributed by atoms with Crippen molar-refractivity contribution in [1.82, 2.24) is 25.2 Å². The predicted octanol–water partition coefficient (Wildman–Crippen LogP) is 7.39. The average Bonchev–Trinajstić information content (AvgIpc) is 3.71. The van der Waals surface area contributed by atoms with Gasteiger partial charge in [-0.2, -0.15) is 0 Å². The Labute approximate surface area is 256 Å². The summed E-state index contributed by atoms with van der Waals surface area (Å²) in [5.74, 6) is 0.505. The van der Waals surface area contributed by atoms with Gasteiger partial charge < -0.3 is 15.2 Å². The molecule has 0 radical (unpaired) electrons. The molecule has 2 saturated heterocycles. The second-order valence-electron chi connectivity index (χ2n) is 13.6. The van der Waals surface area contributed by atoms with Gasteiger partial charge in [0, 0.05) is 36.4 Å². The summed E-state index contributed by atoms with van der Waals surface area (Å²) >= 11 is 0. The van der Waals surface area contributed by atoms with Crippen molar-refractivity contribution in [2.45, 2.75) is 103 Å². The third-order valence-corrected chi connectivity index (χ3v) is 9.86. The Balaban J connectivity index is 1.26. The normalized spacial score (nSPS) is 19.0. The number of carbonyl (C=O) groups is 1. The third-order valence-electron chi connectivity index (χ3n) is 9.86. The Bertz CT molecular complexity index is 1550. The number of aromatic amines is 1. The molecule has 2 fully saturated rings. The largest absolute Gasteiger partial charge is 0.353 e. The maximum absolute atomic E-state index is 14.0. The minimum Gasteiger partial charge on any atom is -0.353 e. The molecule has 0 unspecified atom stereocenters. The highest BCUT2D eigenvalue weighted by Gasteiger charge is 2.47. The first-order valence-corrected chi connectivity index (χ1v) is 16.3. The fraction of sp³-hybridized carbons (Fsp3) is 0.486. The number of H-pyrrole nitrogens is 1. The fourth-order valence-corrected chi connectivity index (χ4v) is 7.54. The van der Waals surface area contributed by atoms with Gasteiger partial charge in [-0.15, -0.1) is 0 Å². The Morgan fingerprint density at radius 1 is 1.02 bits per heavy atom. The highest BCUT2D eigenvalue weighted by atomic mass is 16.2. The van der Waals surface area contributed by atoms with Gasteiger partial charge in [0.15, 0.2) is 0 Å². The summed E-state index contributed by atoms with van der Waals surface area (Å²) in [6.07, 6.45) is 13.7. The van der Waals surface area contributed by atoms with Crippen LogP contribution in [-0.2, 0) is 16.6 Å². The number of hydrogen-bond donors (Lipinski definition) is 2. The smallest absolute Gasteiger partial charge is 0.234 e. The van der Waals surface area contributed by atoms with Gasteiger partial charge >= 0.3 is 0 Å². The maximum atomic E-state index is 14.0. The Morgan fingerprint density at radius 3 is 2.37 bits per heavy atom. The van der Waals surface area contributed by atoms with Crippen LogP contribution in [0.15, 0.2) is 55.0 Å². The summed E-state index contributed by atoms with van der Waals surface area (Å²) < 4.78 is 0. The van der Waals surface area contributed by atoms with Crippen molar-refractivity contribution in [3.8, 4) is 11.3 Å². The van der Waals surface area contributed by atoms with Crippen LogP contribution in [0.3, 0.4) is 0 Å². The molecular weight excluding hydrogens is 530 g/mol. The number of unbranched alkanes of at least 4 members (excludes halogenated alkanes) is 1. The lowest BCUT2D eigenvalue weighted by Gasteiger charge is -2.32. The van der Waals surface area contributed by atoms with Crippen LogP contribution in [0.4, 0.5) is 0 Å². The lowest BCUT2D eigenvalue weighted by Crippen LogP contribution is -2.46. The minimum absolute atomic E-state index is 0.234. The van der Waals surface area contributed by atoms with Gasteiger partial charge in [0.2, 0.25) is 5.91 Å². The van der Waals surface area contributed by atoms with Crippen LogP contribution in [0.25, 0.3) is 22.2 Å². The number of aromatic nitrogens is 3. The zero-order chi connectivity index (χ0) is 30.1. The summed E-state index contributed by atoms with van der Waals surface area (Å²) in [5, 5.41) is 4.92. The van der Waals surface area contributed by atoms with Crippen molar-refractivity contribution in [3.05, 3.63) is 82.9 Å². The van der Waals surface area contributed by atoms with Crippen LogP contribution >= 0.6 is 0 Å². The van der Waals surface area contributed by atoms with E-state index in [0.29, 0.717) is 12.1 Å². The lowest BCUT2D eigenvalue weighted by molar-refractivity contribution is -0.137. The highest BCUT2D eigenvalue weighted by Crippen LogP contribution is 2.42. The van der Waals surface area contributed by atoms with Crippen molar-refractivity contribution >= 4 is 16.8 Å². The molecule has 3 aromatic heterocycles. The van der Waals surface area contributed by atoms with Crippen molar-refractivity contribution in [2.24, 2.45) is 0 Å². The summed E-state index contributed by atoms with van der Waals surface area (Å²) in [6.45, 7) is 12.6. The van der Waals surface area contributed by atoms with E-state index >= 15 is 0 Å². The van der Waals surface area contributed by atoms with Crippen LogP contribution in [-0.4, -0.2) is 50.9 Å². The molecule has 1 amide bonds. The molecule has 2 aliphatic heterocycles. The number of carbonyl (C=O) groups excluding carboxylic acids is 1. The standard InChI is InChI=1S/C37H47N5O/c1-24-18-25(2)20-28(19-24)35-34(26(3)22-39-15-7-6-8-27-13-16-38-17-14-27)31-21-33(40-23-32(31)41-35)37(4,5)36(43)42-29-9-10-30(42)12-11-29/h13-14,16-21,23,26,29-30,39,41H,6-12,15,22H2,1-5H3/t26-,29?,30?/m1/s1. The molecule has 6 heteroatoms. The monoisotopic (exact) mass is 577 g/mol. The molecule has 0 spiro atoms. The number of nitrogens with zero attached hydrogens (tertiary/aromatic N) is 3. The van der Waals surface area contributed by atoms with Gasteiger partial charge in [-0.1, -0.05) is 24.1 Å². The molecule has 0 aliphatic carbocycles. The first-order chi connectivity index (χ1) is 20.7. The molecular formula is C37H47N5O. The molecule has 4 aromatic rings. The predicted molar refractivity (Wildman–Crippen MR) is 175 cm³/mol. The van der Waals surface area contributed by atoms with E-state index in [1.165, 1.54) is 33.2 Å². The summed E-state index contributed by atoms with van der Waals surface area (Å²) in [5.41, 5.74) is 8.75. The first-order valence-electron chi connectivity index (χ1n) is 16.3. The summed E-state index contributed by atoms with van der Waals surface area (Å²) in [6, 6.07) is 14.0. The molecule has 0 saturated carbocycles. The van der Waals surface area contributed by atoms with Crippen LogP contribution in [0, 0.1) is 13.8 Å². The van der Waals surface area contributed by atoms with Crippen molar-refractivity contribution in [2.75, 3.05) is 13.1 Å². The minimum atomic E-state index is -0.676. The van der Waals surface area contributed by atoms with Crippen LogP contribution in [0.1, 0.15) is 93.2 Å². The average molecular weight is 578 g/mol. The third kappa shape index (κ3) is 5.99. The molecule has 226 valence electrons. The van der Waals surface area contributed by atoms with E-state index in [-0.39, 0.29) is 11.8 Å². The van der Waals surface area contributed by atoms with E-state index in [2.05, 4.69) is 91.2 Å². The molecule has 1 aromatic carbocycles. The van der Waals surface area contributed by atoms with Crippen LogP contribution in [0.2, 0.25) is 0 Å². The molecule has 6 rings (SSSR count). The molecule has 2 bridgehead atoms. The van der Waals surface area contributed by atoms with E-state index in [0.717, 1.165) is 74.9 Å². The molecule has 2 N–H and O–H groups in total. The highest BCUT2D eigenvalue weighted by molar-refractivity contribution is 5.94. The number of pyridine rings is 2. The Morgan fingerprint density at radius 2 is 1.70 bits per heavy atom. The molecule has 2 aliphatic rings. The zero-order valence-corrected chi connectivity index (χ0v) is 26.5. The lowest BCUT2D eigenvalue weighted by atomic mass is 9.85. The SMILES string of the molecule is Cc1cc(C)cc(-c2[nH]c3cnc(C(C)(C)C(=O)N4C5CCC4CC5)cc3c2[C@H](C)CNCCCCc2ccncc2)c1. The van der Waals surface area contributed by atoms with Crippen molar-refractivity contribution < 1.29 is 4.79 Å². The quantitative estimate of drug-likeness (QED) is 0.182.